The molecule has 1 heterocycles. The number of hydrogen-bond donors (Lipinski definition) is 0. The molecular weight excluding hydrogens is 214 g/mol. The maximum Gasteiger partial charge on any atom is 0.334 e. The van der Waals surface area contributed by atoms with Crippen molar-refractivity contribution in [3.63, 3.8) is 0 Å². The van der Waals surface area contributed by atoms with Gasteiger partial charge in [-0.1, -0.05) is 0 Å². The summed E-state index contributed by atoms with van der Waals surface area (Å²) in [7, 11) is 1.36. The van der Waals surface area contributed by atoms with Crippen molar-refractivity contribution in [2.75, 3.05) is 13.7 Å². The van der Waals surface area contributed by atoms with Crippen molar-refractivity contribution in [2.24, 2.45) is 0 Å². The molecule has 0 aliphatic heterocycles. The summed E-state index contributed by atoms with van der Waals surface area (Å²) in [5, 5.41) is 0. The highest BCUT2D eigenvalue weighted by atomic mass is 32.1. The fourth-order valence-electron chi connectivity index (χ4n) is 1.13. The summed E-state index contributed by atoms with van der Waals surface area (Å²) in [6, 6.07) is 0. The Kier molecular flexibility index (Phi) is 4.71. The predicted molar refractivity (Wildman–Crippen MR) is 58.0 cm³/mol. The number of carbonyl (C=O) groups excluding carboxylic acids is 1. The molecule has 0 aliphatic rings. The van der Waals surface area contributed by atoms with Crippen molar-refractivity contribution in [1.29, 1.82) is 0 Å². The average Bonchev–Trinajstić information content (AvgIpc) is 2.63. The van der Waals surface area contributed by atoms with Gasteiger partial charge in [-0.25, -0.2) is 9.78 Å². The summed E-state index contributed by atoms with van der Waals surface area (Å²) in [6.07, 6.45) is 0.293. The van der Waals surface area contributed by atoms with E-state index in [9.17, 15) is 4.79 Å². The molecule has 0 amide bonds. The van der Waals surface area contributed by atoms with Crippen LogP contribution in [0.25, 0.3) is 0 Å². The molecule has 1 atom stereocenters. The van der Waals surface area contributed by atoms with Crippen LogP contribution in [-0.2, 0) is 20.7 Å². The maximum atomic E-state index is 11.0. The van der Waals surface area contributed by atoms with Gasteiger partial charge in [-0.15, -0.1) is 11.3 Å². The molecule has 0 saturated carbocycles. The molecule has 4 nitrogen and oxygen atoms in total. The van der Waals surface area contributed by atoms with E-state index >= 15 is 0 Å². The van der Waals surface area contributed by atoms with Gasteiger partial charge in [0.1, 0.15) is 0 Å². The van der Waals surface area contributed by atoms with E-state index in [1.54, 1.807) is 18.3 Å². The number of methoxy groups -OCH3 is 1. The number of rotatable bonds is 5. The monoisotopic (exact) mass is 229 g/mol. The number of carbonyl (C=O) groups is 1. The maximum absolute atomic E-state index is 11.0. The SMILES string of the molecule is COC(=O)[C@H](C)OCCc1scnc1C. The Morgan fingerprint density at radius 1 is 1.67 bits per heavy atom. The summed E-state index contributed by atoms with van der Waals surface area (Å²) in [5.74, 6) is -0.337. The zero-order chi connectivity index (χ0) is 11.3. The molecule has 0 aromatic carbocycles. The molecule has 0 spiro atoms. The highest BCUT2D eigenvalue weighted by molar-refractivity contribution is 7.09. The van der Waals surface area contributed by atoms with Crippen molar-refractivity contribution < 1.29 is 14.3 Å². The lowest BCUT2D eigenvalue weighted by molar-refractivity contribution is -0.152. The molecule has 0 N–H and O–H groups in total. The van der Waals surface area contributed by atoms with Crippen LogP contribution in [0.2, 0.25) is 0 Å². The van der Waals surface area contributed by atoms with Crippen LogP contribution in [0.3, 0.4) is 0 Å². The molecule has 0 saturated heterocycles. The molecule has 1 aromatic heterocycles. The van der Waals surface area contributed by atoms with Gasteiger partial charge in [0.2, 0.25) is 0 Å². The van der Waals surface area contributed by atoms with Crippen molar-refractivity contribution >= 4 is 17.3 Å². The van der Waals surface area contributed by atoms with Crippen LogP contribution in [0.5, 0.6) is 0 Å². The zero-order valence-electron chi connectivity index (χ0n) is 9.15. The first-order valence-electron chi connectivity index (χ1n) is 4.73. The van der Waals surface area contributed by atoms with Crippen LogP contribution in [0.15, 0.2) is 5.51 Å². The third kappa shape index (κ3) is 3.60. The molecule has 1 rings (SSSR count). The second-order valence-corrected chi connectivity index (χ2v) is 4.09. The van der Waals surface area contributed by atoms with E-state index in [1.807, 2.05) is 12.4 Å². The Morgan fingerprint density at radius 3 is 2.93 bits per heavy atom. The Labute approximate surface area is 93.2 Å². The van der Waals surface area contributed by atoms with Crippen LogP contribution >= 0.6 is 11.3 Å². The molecule has 0 fully saturated rings. The van der Waals surface area contributed by atoms with Gasteiger partial charge in [0.25, 0.3) is 0 Å². The average molecular weight is 229 g/mol. The van der Waals surface area contributed by atoms with E-state index in [0.29, 0.717) is 6.61 Å². The van der Waals surface area contributed by atoms with Crippen molar-refractivity contribution in [1.82, 2.24) is 4.98 Å². The van der Waals surface area contributed by atoms with Crippen LogP contribution in [0.4, 0.5) is 0 Å². The lowest BCUT2D eigenvalue weighted by Crippen LogP contribution is -2.23. The number of nitrogens with zero attached hydrogens (tertiary/aromatic N) is 1. The summed E-state index contributed by atoms with van der Waals surface area (Å²) < 4.78 is 9.88. The number of aryl methyl sites for hydroxylation is 1. The van der Waals surface area contributed by atoms with Crippen molar-refractivity contribution in [2.45, 2.75) is 26.4 Å². The molecule has 84 valence electrons. The minimum absolute atomic E-state index is 0.337. The molecule has 15 heavy (non-hydrogen) atoms. The first-order valence-corrected chi connectivity index (χ1v) is 5.61. The zero-order valence-corrected chi connectivity index (χ0v) is 9.97. The van der Waals surface area contributed by atoms with Gasteiger partial charge in [-0.3, -0.25) is 0 Å². The molecule has 0 unspecified atom stereocenters. The van der Waals surface area contributed by atoms with Gasteiger partial charge < -0.3 is 9.47 Å². The summed E-state index contributed by atoms with van der Waals surface area (Å²) >= 11 is 1.61. The quantitative estimate of drug-likeness (QED) is 0.719. The molecule has 5 heteroatoms. The summed E-state index contributed by atoms with van der Waals surface area (Å²) in [5.41, 5.74) is 2.85. The highest BCUT2D eigenvalue weighted by Gasteiger charge is 2.13. The summed E-state index contributed by atoms with van der Waals surface area (Å²) in [6.45, 7) is 4.17. The van der Waals surface area contributed by atoms with Gasteiger partial charge >= 0.3 is 5.97 Å². The highest BCUT2D eigenvalue weighted by Crippen LogP contribution is 2.12. The van der Waals surface area contributed by atoms with E-state index in [2.05, 4.69) is 9.72 Å². The first kappa shape index (κ1) is 12.1. The van der Waals surface area contributed by atoms with Crippen LogP contribution in [-0.4, -0.2) is 30.8 Å². The molecule has 0 bridgehead atoms. The van der Waals surface area contributed by atoms with Gasteiger partial charge in [0.05, 0.1) is 24.9 Å². The number of thiazole rings is 1. The third-order valence-electron chi connectivity index (χ3n) is 2.07. The number of esters is 1. The van der Waals surface area contributed by atoms with E-state index in [4.69, 9.17) is 4.74 Å². The smallest absolute Gasteiger partial charge is 0.334 e. The topological polar surface area (TPSA) is 48.4 Å². The van der Waals surface area contributed by atoms with E-state index in [1.165, 1.54) is 12.0 Å². The fourth-order valence-corrected chi connectivity index (χ4v) is 1.89. The van der Waals surface area contributed by atoms with Gasteiger partial charge in [0, 0.05) is 11.3 Å². The number of aromatic nitrogens is 1. The normalized spacial score (nSPS) is 12.5. The second kappa shape index (κ2) is 5.82. The minimum atomic E-state index is -0.497. The largest absolute Gasteiger partial charge is 0.467 e. The fraction of sp³-hybridized carbons (Fsp3) is 0.600. The third-order valence-corrected chi connectivity index (χ3v) is 3.07. The van der Waals surface area contributed by atoms with Crippen molar-refractivity contribution in [3.8, 4) is 0 Å². The lowest BCUT2D eigenvalue weighted by Gasteiger charge is -2.09. The van der Waals surface area contributed by atoms with Crippen LogP contribution < -0.4 is 0 Å². The molecule has 0 radical (unpaired) electrons. The Hall–Kier alpha value is -0.940. The summed E-state index contributed by atoms with van der Waals surface area (Å²) in [4.78, 5) is 16.4. The van der Waals surface area contributed by atoms with E-state index < -0.39 is 6.10 Å². The van der Waals surface area contributed by atoms with Crippen LogP contribution in [0, 0.1) is 6.92 Å². The Balaban J connectivity index is 2.28. The lowest BCUT2D eigenvalue weighted by atomic mass is 10.3. The minimum Gasteiger partial charge on any atom is -0.467 e. The Morgan fingerprint density at radius 2 is 2.40 bits per heavy atom. The number of ether oxygens (including phenoxy) is 2. The van der Waals surface area contributed by atoms with Gasteiger partial charge in [-0.05, 0) is 13.8 Å². The van der Waals surface area contributed by atoms with Crippen molar-refractivity contribution in [3.05, 3.63) is 16.1 Å². The molecule has 1 aromatic rings. The standard InChI is InChI=1S/C10H15NO3S/c1-7-9(15-6-11-7)4-5-14-8(2)10(12)13-3/h6,8H,4-5H2,1-3H3/t8-/m0/s1. The van der Waals surface area contributed by atoms with Gasteiger partial charge in [0.15, 0.2) is 6.10 Å². The predicted octanol–water partition coefficient (Wildman–Crippen LogP) is 1.57. The molecular formula is C10H15NO3S. The second-order valence-electron chi connectivity index (χ2n) is 3.15. The van der Waals surface area contributed by atoms with Gasteiger partial charge in [-0.2, -0.15) is 0 Å². The Bertz CT molecular complexity index is 324. The van der Waals surface area contributed by atoms with E-state index in [-0.39, 0.29) is 5.97 Å². The van der Waals surface area contributed by atoms with E-state index in [0.717, 1.165) is 12.1 Å². The number of hydrogen-bond acceptors (Lipinski definition) is 5. The first-order chi connectivity index (χ1) is 7.15. The molecule has 0 aliphatic carbocycles. The van der Waals surface area contributed by atoms with Crippen LogP contribution in [0.1, 0.15) is 17.5 Å².